The highest BCUT2D eigenvalue weighted by atomic mass is 35.5. The predicted molar refractivity (Wildman–Crippen MR) is 113 cm³/mol. The van der Waals surface area contributed by atoms with Gasteiger partial charge < -0.3 is 19.2 Å². The lowest BCUT2D eigenvalue weighted by Crippen LogP contribution is -2.55. The fourth-order valence-corrected chi connectivity index (χ4v) is 5.39. The Labute approximate surface area is 180 Å². The molecule has 162 valence electrons. The first kappa shape index (κ1) is 20.8. The van der Waals surface area contributed by atoms with Crippen LogP contribution in [0.15, 0.2) is 16.5 Å². The third-order valence-corrected chi connectivity index (χ3v) is 6.79. The number of carboxylic acid groups (broad SMARTS) is 1. The lowest BCUT2D eigenvalue weighted by atomic mass is 9.98. The zero-order valence-corrected chi connectivity index (χ0v) is 18.6. The molecule has 2 bridgehead atoms. The number of hydrogen-bond acceptors (Lipinski definition) is 4. The Morgan fingerprint density at radius 3 is 2.60 bits per heavy atom. The van der Waals surface area contributed by atoms with Gasteiger partial charge in [-0.25, -0.2) is 4.79 Å². The Hall–Kier alpha value is -2.41. The molecule has 2 fully saturated rings. The van der Waals surface area contributed by atoms with E-state index in [4.69, 9.17) is 20.8 Å². The van der Waals surface area contributed by atoms with Crippen LogP contribution in [0.3, 0.4) is 0 Å². The first-order chi connectivity index (χ1) is 14.0. The Morgan fingerprint density at radius 1 is 1.30 bits per heavy atom. The maximum Gasteiger partial charge on any atom is 0.408 e. The highest BCUT2D eigenvalue weighted by Gasteiger charge is 2.54. The molecule has 0 radical (unpaired) electrons. The van der Waals surface area contributed by atoms with Crippen molar-refractivity contribution in [3.8, 4) is 5.75 Å². The number of carbonyl (C=O) groups is 2. The van der Waals surface area contributed by atoms with Crippen molar-refractivity contribution in [1.29, 1.82) is 0 Å². The van der Waals surface area contributed by atoms with Crippen molar-refractivity contribution < 1.29 is 23.8 Å². The van der Waals surface area contributed by atoms with E-state index < -0.39 is 11.6 Å². The number of likely N-dealkylation sites (tertiary alicyclic amines) is 1. The van der Waals surface area contributed by atoms with E-state index in [2.05, 4.69) is 0 Å². The number of carbonyl (C=O) groups excluding carboxylic acids is 1. The Bertz CT molecular complexity index is 1020. The molecule has 7 nitrogen and oxygen atoms in total. The quantitative estimate of drug-likeness (QED) is 0.751. The number of amides is 2. The second-order valence-corrected chi connectivity index (χ2v) is 9.57. The molecule has 8 heteroatoms. The SMILES string of the molecule is COc1cc(C(=O)N2CC3CCC2[C@@H]3N(C(=O)O)C(C)(C)C)cc2oc(Cl)c(C)c12. The van der Waals surface area contributed by atoms with E-state index in [1.165, 1.54) is 4.90 Å². The van der Waals surface area contributed by atoms with Crippen molar-refractivity contribution in [3.05, 3.63) is 28.5 Å². The second-order valence-electron chi connectivity index (χ2n) is 9.23. The van der Waals surface area contributed by atoms with Gasteiger partial charge in [-0.1, -0.05) is 0 Å². The minimum atomic E-state index is -0.942. The summed E-state index contributed by atoms with van der Waals surface area (Å²) in [4.78, 5) is 28.8. The minimum Gasteiger partial charge on any atom is -0.496 e. The second kappa shape index (κ2) is 7.08. The number of halogens is 1. The number of piperidine rings is 1. The van der Waals surface area contributed by atoms with Crippen LogP contribution in [-0.2, 0) is 0 Å². The number of benzene rings is 1. The van der Waals surface area contributed by atoms with E-state index >= 15 is 0 Å². The van der Waals surface area contributed by atoms with Gasteiger partial charge >= 0.3 is 6.09 Å². The summed E-state index contributed by atoms with van der Waals surface area (Å²) in [6.45, 7) is 8.08. The lowest BCUT2D eigenvalue weighted by molar-refractivity contribution is 0.0503. The lowest BCUT2D eigenvalue weighted by Gasteiger charge is -2.40. The summed E-state index contributed by atoms with van der Waals surface area (Å²) in [7, 11) is 1.55. The van der Waals surface area contributed by atoms with Crippen molar-refractivity contribution >= 4 is 34.6 Å². The largest absolute Gasteiger partial charge is 0.496 e. The molecule has 2 aromatic rings. The van der Waals surface area contributed by atoms with Crippen molar-refractivity contribution in [1.82, 2.24) is 9.80 Å². The molecule has 1 saturated carbocycles. The molecule has 1 N–H and O–H groups in total. The van der Waals surface area contributed by atoms with Crippen molar-refractivity contribution in [3.63, 3.8) is 0 Å². The topological polar surface area (TPSA) is 83.2 Å². The highest BCUT2D eigenvalue weighted by molar-refractivity contribution is 6.31. The zero-order valence-electron chi connectivity index (χ0n) is 17.9. The molecule has 1 aromatic carbocycles. The standard InChI is InChI=1S/C22H27ClN2O5/c1-11-17-15(29-5)8-13(9-16(17)30-19(11)23)20(26)24-10-12-6-7-14(24)18(12)25(21(27)28)22(2,3)4/h8-9,12,14,18H,6-7,10H2,1-5H3,(H,27,28)/t12?,14?,18-/m1/s1. The van der Waals surface area contributed by atoms with Gasteiger partial charge in [0, 0.05) is 23.2 Å². The number of fused-ring (bicyclic) bond motifs is 3. The van der Waals surface area contributed by atoms with Gasteiger partial charge in [0.15, 0.2) is 5.22 Å². The zero-order chi connectivity index (χ0) is 22.0. The minimum absolute atomic E-state index is 0.138. The predicted octanol–water partition coefficient (Wildman–Crippen LogP) is 4.78. The molecule has 1 aliphatic heterocycles. The third-order valence-electron chi connectivity index (χ3n) is 6.43. The maximum atomic E-state index is 13.5. The number of ether oxygens (including phenoxy) is 1. The smallest absolute Gasteiger partial charge is 0.408 e. The molecule has 2 heterocycles. The molecule has 3 atom stereocenters. The molecule has 30 heavy (non-hydrogen) atoms. The number of nitrogens with zero attached hydrogens (tertiary/aromatic N) is 2. The molecule has 4 rings (SSSR count). The molecule has 2 amide bonds. The van der Waals surface area contributed by atoms with E-state index in [1.54, 1.807) is 19.2 Å². The Morgan fingerprint density at radius 2 is 2.00 bits per heavy atom. The van der Waals surface area contributed by atoms with Gasteiger partial charge in [-0.2, -0.15) is 0 Å². The fraction of sp³-hybridized carbons (Fsp3) is 0.545. The number of rotatable bonds is 3. The van der Waals surface area contributed by atoms with E-state index in [-0.39, 0.29) is 29.1 Å². The first-order valence-corrected chi connectivity index (χ1v) is 10.5. The van der Waals surface area contributed by atoms with Crippen LogP contribution < -0.4 is 4.74 Å². The number of methoxy groups -OCH3 is 1. The fourth-order valence-electron chi connectivity index (χ4n) is 5.21. The van der Waals surface area contributed by atoms with Gasteiger partial charge in [-0.15, -0.1) is 0 Å². The normalized spacial score (nSPS) is 23.3. The molecule has 1 aliphatic carbocycles. The van der Waals surface area contributed by atoms with Crippen molar-refractivity contribution in [2.24, 2.45) is 5.92 Å². The average molecular weight is 435 g/mol. The molecule has 2 aliphatic rings. The van der Waals surface area contributed by atoms with Gasteiger partial charge in [0.1, 0.15) is 11.3 Å². The number of furan rings is 1. The Balaban J connectivity index is 1.69. The molecule has 0 spiro atoms. The van der Waals surface area contributed by atoms with Crippen LogP contribution >= 0.6 is 11.6 Å². The Kier molecular flexibility index (Phi) is 4.92. The van der Waals surface area contributed by atoms with E-state index in [1.807, 2.05) is 32.6 Å². The van der Waals surface area contributed by atoms with E-state index in [0.717, 1.165) is 23.8 Å². The summed E-state index contributed by atoms with van der Waals surface area (Å²) in [5, 5.41) is 10.9. The van der Waals surface area contributed by atoms with Gasteiger partial charge in [-0.3, -0.25) is 9.69 Å². The first-order valence-electron chi connectivity index (χ1n) is 10.1. The van der Waals surface area contributed by atoms with Crippen LogP contribution in [0.2, 0.25) is 5.22 Å². The summed E-state index contributed by atoms with van der Waals surface area (Å²) < 4.78 is 11.1. The maximum absolute atomic E-state index is 13.5. The van der Waals surface area contributed by atoms with Gasteiger partial charge in [0.25, 0.3) is 5.91 Å². The van der Waals surface area contributed by atoms with Crippen molar-refractivity contribution in [2.45, 2.75) is 58.2 Å². The van der Waals surface area contributed by atoms with Gasteiger partial charge in [0.2, 0.25) is 0 Å². The van der Waals surface area contributed by atoms with Gasteiger partial charge in [0.05, 0.1) is 24.6 Å². The van der Waals surface area contributed by atoms with Crippen LogP contribution in [0.4, 0.5) is 4.79 Å². The van der Waals surface area contributed by atoms with E-state index in [9.17, 15) is 14.7 Å². The summed E-state index contributed by atoms with van der Waals surface area (Å²) in [5.74, 6) is 0.531. The molecule has 1 aromatic heterocycles. The van der Waals surface area contributed by atoms with Gasteiger partial charge in [-0.05, 0) is 70.2 Å². The van der Waals surface area contributed by atoms with Crippen LogP contribution in [0.1, 0.15) is 49.5 Å². The highest BCUT2D eigenvalue weighted by Crippen LogP contribution is 2.44. The average Bonchev–Trinajstić information content (AvgIpc) is 3.30. The third kappa shape index (κ3) is 3.11. The van der Waals surface area contributed by atoms with Crippen LogP contribution in [0.5, 0.6) is 5.75 Å². The molecule has 2 unspecified atom stereocenters. The van der Waals surface area contributed by atoms with Crippen LogP contribution in [0.25, 0.3) is 11.0 Å². The van der Waals surface area contributed by atoms with Crippen molar-refractivity contribution in [2.75, 3.05) is 13.7 Å². The van der Waals surface area contributed by atoms with E-state index in [0.29, 0.717) is 23.4 Å². The number of hydrogen-bond donors (Lipinski definition) is 1. The summed E-state index contributed by atoms with van der Waals surface area (Å²) in [6.07, 6.45) is 0.780. The van der Waals surface area contributed by atoms with Crippen LogP contribution in [0, 0.1) is 12.8 Å². The van der Waals surface area contributed by atoms with Crippen LogP contribution in [-0.4, -0.2) is 58.2 Å². The number of aryl methyl sites for hydroxylation is 1. The molecule has 1 saturated heterocycles. The summed E-state index contributed by atoms with van der Waals surface area (Å²) in [6, 6.07) is 3.07. The molecular weight excluding hydrogens is 408 g/mol. The summed E-state index contributed by atoms with van der Waals surface area (Å²) in [5.41, 5.74) is 1.18. The summed E-state index contributed by atoms with van der Waals surface area (Å²) >= 11 is 6.14. The molecular formula is C22H27ClN2O5. The monoisotopic (exact) mass is 434 g/mol.